The van der Waals surface area contributed by atoms with Crippen molar-refractivity contribution in [3.8, 4) is 5.69 Å². The lowest BCUT2D eigenvalue weighted by atomic mass is 9.96. The summed E-state index contributed by atoms with van der Waals surface area (Å²) < 4.78 is 1.57. The van der Waals surface area contributed by atoms with Crippen molar-refractivity contribution in [3.05, 3.63) is 59.8 Å². The number of aromatic amines is 1. The second kappa shape index (κ2) is 7.10. The van der Waals surface area contributed by atoms with Gasteiger partial charge in [-0.05, 0) is 30.3 Å². The summed E-state index contributed by atoms with van der Waals surface area (Å²) in [6.45, 7) is 4.61. The third-order valence-electron chi connectivity index (χ3n) is 4.68. The summed E-state index contributed by atoms with van der Waals surface area (Å²) in [7, 11) is 0. The number of anilines is 1. The Hall–Kier alpha value is -3.75. The summed E-state index contributed by atoms with van der Waals surface area (Å²) in [6.07, 6.45) is 4.45. The maximum atomic E-state index is 12.2. The molecule has 0 spiro atoms. The first-order valence-electron chi connectivity index (χ1n) is 8.78. The molecular weight excluding hydrogens is 360 g/mol. The average Bonchev–Trinajstić information content (AvgIpc) is 3.10. The van der Waals surface area contributed by atoms with Gasteiger partial charge in [-0.25, -0.2) is 9.67 Å². The summed E-state index contributed by atoms with van der Waals surface area (Å²) >= 11 is 0. The van der Waals surface area contributed by atoms with Gasteiger partial charge >= 0.3 is 0 Å². The molecule has 1 fully saturated rings. The van der Waals surface area contributed by atoms with Crippen LogP contribution in [0.1, 0.15) is 6.42 Å². The quantitative estimate of drug-likeness (QED) is 0.645. The molecule has 4 rings (SSSR count). The fraction of sp³-hybridized carbons (Fsp3) is 0.211. The number of nitrogens with zero attached hydrogens (tertiary/aromatic N) is 4. The van der Waals surface area contributed by atoms with Crippen molar-refractivity contribution in [2.75, 3.05) is 18.4 Å². The maximum absolute atomic E-state index is 12.2. The number of nitrogens with one attached hydrogen (secondary N) is 2. The third-order valence-corrected chi connectivity index (χ3v) is 4.68. The molecule has 28 heavy (non-hydrogen) atoms. The summed E-state index contributed by atoms with van der Waals surface area (Å²) in [5.41, 5.74) is 1.60. The van der Waals surface area contributed by atoms with Crippen molar-refractivity contribution in [1.29, 1.82) is 0 Å². The van der Waals surface area contributed by atoms with Crippen molar-refractivity contribution < 1.29 is 9.59 Å². The largest absolute Gasteiger partial charge is 0.338 e. The third kappa shape index (κ3) is 3.29. The maximum Gasteiger partial charge on any atom is 0.261 e. The Morgan fingerprint density at radius 2 is 2.04 bits per heavy atom. The van der Waals surface area contributed by atoms with Crippen LogP contribution in [0.4, 0.5) is 5.69 Å². The fourth-order valence-electron chi connectivity index (χ4n) is 3.21. The van der Waals surface area contributed by atoms with E-state index >= 15 is 0 Å². The fourth-order valence-corrected chi connectivity index (χ4v) is 3.21. The molecule has 0 atom stereocenters. The number of fused-ring (bicyclic) bond motifs is 1. The number of likely N-dealkylation sites (tertiary alicyclic amines) is 1. The minimum absolute atomic E-state index is 0.0961. The zero-order valence-electron chi connectivity index (χ0n) is 15.0. The van der Waals surface area contributed by atoms with Gasteiger partial charge in [0.15, 0.2) is 5.65 Å². The lowest BCUT2D eigenvalue weighted by molar-refractivity contribution is -0.134. The first kappa shape index (κ1) is 17.7. The van der Waals surface area contributed by atoms with Crippen LogP contribution < -0.4 is 10.9 Å². The van der Waals surface area contributed by atoms with Gasteiger partial charge in [-0.15, -0.1) is 0 Å². The average molecular weight is 378 g/mol. The zero-order valence-corrected chi connectivity index (χ0v) is 15.0. The lowest BCUT2D eigenvalue weighted by Crippen LogP contribution is -2.50. The molecule has 0 radical (unpaired) electrons. The Labute approximate surface area is 159 Å². The number of carbonyl (C=O) groups is 2. The molecule has 3 heterocycles. The number of benzene rings is 1. The van der Waals surface area contributed by atoms with E-state index in [1.54, 1.807) is 33.8 Å². The van der Waals surface area contributed by atoms with Crippen molar-refractivity contribution in [2.24, 2.45) is 5.92 Å². The van der Waals surface area contributed by atoms with Gasteiger partial charge in [0.25, 0.3) is 5.56 Å². The molecule has 2 N–H and O–H groups in total. The van der Waals surface area contributed by atoms with Gasteiger partial charge in [0.1, 0.15) is 5.39 Å². The van der Waals surface area contributed by atoms with Gasteiger partial charge in [0.05, 0.1) is 18.2 Å². The van der Waals surface area contributed by atoms with E-state index in [0.29, 0.717) is 36.2 Å². The molecule has 0 saturated carbocycles. The lowest BCUT2D eigenvalue weighted by Gasteiger charge is -2.38. The SMILES string of the molecule is C=CC(=O)N1CC(CC(=O)Nc2ccc(-n3ncc4c(=O)[nH]cnc43)cc2)C1. The summed E-state index contributed by atoms with van der Waals surface area (Å²) in [5, 5.41) is 7.47. The molecule has 3 aromatic rings. The van der Waals surface area contributed by atoms with Crippen LogP contribution in [0.15, 0.2) is 54.2 Å². The molecular formula is C19H18N6O3. The molecule has 1 aliphatic heterocycles. The molecule has 2 amide bonds. The van der Waals surface area contributed by atoms with E-state index in [2.05, 4.69) is 27.0 Å². The van der Waals surface area contributed by atoms with Crippen molar-refractivity contribution >= 4 is 28.5 Å². The molecule has 2 aromatic heterocycles. The number of hydrogen-bond acceptors (Lipinski definition) is 5. The van der Waals surface area contributed by atoms with E-state index in [1.165, 1.54) is 18.6 Å². The van der Waals surface area contributed by atoms with Crippen molar-refractivity contribution in [2.45, 2.75) is 6.42 Å². The first-order chi connectivity index (χ1) is 13.5. The Bertz CT molecular complexity index is 1110. The Morgan fingerprint density at radius 3 is 2.75 bits per heavy atom. The van der Waals surface area contributed by atoms with Crippen LogP contribution in [-0.2, 0) is 9.59 Å². The predicted molar refractivity (Wildman–Crippen MR) is 103 cm³/mol. The van der Waals surface area contributed by atoms with E-state index < -0.39 is 0 Å². The second-order valence-electron chi connectivity index (χ2n) is 6.64. The topological polar surface area (TPSA) is 113 Å². The molecule has 1 aromatic carbocycles. The van der Waals surface area contributed by atoms with Crippen LogP contribution in [0.5, 0.6) is 0 Å². The van der Waals surface area contributed by atoms with E-state index in [1.807, 2.05) is 0 Å². The first-order valence-corrected chi connectivity index (χ1v) is 8.78. The molecule has 0 bridgehead atoms. The molecule has 142 valence electrons. The zero-order chi connectivity index (χ0) is 19.7. The van der Waals surface area contributed by atoms with Gasteiger partial charge in [0, 0.05) is 31.1 Å². The number of aromatic nitrogens is 4. The van der Waals surface area contributed by atoms with E-state index in [0.717, 1.165) is 5.69 Å². The highest BCUT2D eigenvalue weighted by Gasteiger charge is 2.30. The van der Waals surface area contributed by atoms with Crippen molar-refractivity contribution in [1.82, 2.24) is 24.6 Å². The van der Waals surface area contributed by atoms with Crippen molar-refractivity contribution in [3.63, 3.8) is 0 Å². The number of hydrogen-bond donors (Lipinski definition) is 2. The summed E-state index contributed by atoms with van der Waals surface area (Å²) in [6, 6.07) is 7.11. The van der Waals surface area contributed by atoms with Gasteiger partial charge in [-0.3, -0.25) is 14.4 Å². The highest BCUT2D eigenvalue weighted by Crippen LogP contribution is 2.21. The molecule has 0 unspecified atom stereocenters. The molecule has 9 heteroatoms. The Morgan fingerprint density at radius 1 is 1.29 bits per heavy atom. The molecule has 1 aliphatic rings. The smallest absolute Gasteiger partial charge is 0.261 e. The van der Waals surface area contributed by atoms with Gasteiger partial charge in [-0.1, -0.05) is 6.58 Å². The Balaban J connectivity index is 1.39. The highest BCUT2D eigenvalue weighted by atomic mass is 16.2. The molecule has 9 nitrogen and oxygen atoms in total. The van der Waals surface area contributed by atoms with Crippen LogP contribution >= 0.6 is 0 Å². The van der Waals surface area contributed by atoms with Crippen LogP contribution in [0, 0.1) is 5.92 Å². The van der Waals surface area contributed by atoms with Crippen LogP contribution in [0.25, 0.3) is 16.7 Å². The minimum Gasteiger partial charge on any atom is -0.338 e. The Kier molecular flexibility index (Phi) is 4.48. The number of amides is 2. The molecule has 0 aliphatic carbocycles. The van der Waals surface area contributed by atoms with Crippen LogP contribution in [0.2, 0.25) is 0 Å². The summed E-state index contributed by atoms with van der Waals surface area (Å²) in [5.74, 6) is -0.0288. The second-order valence-corrected chi connectivity index (χ2v) is 6.64. The predicted octanol–water partition coefficient (Wildman–Crippen LogP) is 1.08. The molecule has 1 saturated heterocycles. The normalized spacial score (nSPS) is 13.9. The standard InChI is InChI=1S/C19H18N6O3/c1-2-17(27)24-9-12(10-24)7-16(26)23-13-3-5-14(6-4-13)25-18-15(8-22-25)19(28)21-11-20-18/h2-6,8,11-12H,1,7,9-10H2,(H,23,26)(H,20,21,28). The van der Waals surface area contributed by atoms with E-state index in [4.69, 9.17) is 0 Å². The van der Waals surface area contributed by atoms with Gasteiger partial charge in [-0.2, -0.15) is 5.10 Å². The number of rotatable bonds is 5. The monoisotopic (exact) mass is 378 g/mol. The van der Waals surface area contributed by atoms with Crippen LogP contribution in [0.3, 0.4) is 0 Å². The number of carbonyl (C=O) groups excluding carboxylic acids is 2. The minimum atomic E-state index is -0.246. The highest BCUT2D eigenvalue weighted by molar-refractivity contribution is 5.92. The van der Waals surface area contributed by atoms with Gasteiger partial charge in [0.2, 0.25) is 11.8 Å². The van der Waals surface area contributed by atoms with E-state index in [-0.39, 0.29) is 23.3 Å². The summed E-state index contributed by atoms with van der Waals surface area (Å²) in [4.78, 5) is 43.7. The van der Waals surface area contributed by atoms with Crippen LogP contribution in [-0.4, -0.2) is 49.6 Å². The number of H-pyrrole nitrogens is 1. The van der Waals surface area contributed by atoms with E-state index in [9.17, 15) is 14.4 Å². The van der Waals surface area contributed by atoms with Gasteiger partial charge < -0.3 is 15.2 Å².